The topological polar surface area (TPSA) is 18.5 Å². The summed E-state index contributed by atoms with van der Waals surface area (Å²) >= 11 is 0. The molecule has 9 aromatic carbocycles. The Labute approximate surface area is 325 Å². The van der Waals surface area contributed by atoms with E-state index in [9.17, 15) is 0 Å². The van der Waals surface area contributed by atoms with Crippen molar-refractivity contribution < 1.29 is 9.47 Å². The van der Waals surface area contributed by atoms with Gasteiger partial charge in [0.15, 0.2) is 0 Å². The molecule has 0 saturated heterocycles. The van der Waals surface area contributed by atoms with Crippen LogP contribution in [0.5, 0.6) is 23.0 Å². The summed E-state index contributed by atoms with van der Waals surface area (Å²) in [7, 11) is 0. The van der Waals surface area contributed by atoms with Gasteiger partial charge in [0.1, 0.15) is 23.0 Å². The van der Waals surface area contributed by atoms with E-state index in [0.717, 1.165) is 39.5 Å². The fraction of sp³-hybridized carbons (Fsp3) is 0.0189. The molecule has 0 N–H and O–H groups in total. The molecule has 4 aliphatic rings. The molecule has 0 amide bonds. The summed E-state index contributed by atoms with van der Waals surface area (Å²) in [5.41, 5.74) is 18.4. The van der Waals surface area contributed by atoms with E-state index in [0.29, 0.717) is 0 Å². The molecule has 13 rings (SSSR count). The van der Waals surface area contributed by atoms with E-state index in [1.54, 1.807) is 0 Å². The summed E-state index contributed by atoms with van der Waals surface area (Å²) < 4.78 is 13.1. The van der Waals surface area contributed by atoms with Gasteiger partial charge in [-0.15, -0.1) is 0 Å². The van der Waals surface area contributed by atoms with E-state index in [2.05, 4.69) is 170 Å². The summed E-state index contributed by atoms with van der Waals surface area (Å²) in [6, 6.07) is 69.0. The van der Waals surface area contributed by atoms with Crippen molar-refractivity contribution in [3.05, 3.63) is 210 Å². The Hall–Kier alpha value is -7.10. The first-order chi connectivity index (χ1) is 27.8. The van der Waals surface area contributed by atoms with Crippen LogP contribution in [0.4, 0.5) is 0 Å². The summed E-state index contributed by atoms with van der Waals surface area (Å²) in [5.74, 6) is 3.51. The number of benzene rings is 9. The second-order valence-electron chi connectivity index (χ2n) is 15.5. The van der Waals surface area contributed by atoms with Gasteiger partial charge in [0.2, 0.25) is 0 Å². The van der Waals surface area contributed by atoms with Crippen LogP contribution in [-0.4, -0.2) is 6.71 Å². The second kappa shape index (κ2) is 11.0. The molecule has 0 fully saturated rings. The quantitative estimate of drug-likeness (QED) is 0.166. The smallest absolute Gasteiger partial charge is 0.260 e. The molecule has 2 heterocycles. The highest BCUT2D eigenvalue weighted by atomic mass is 16.5. The zero-order valence-electron chi connectivity index (χ0n) is 30.3. The minimum Gasteiger partial charge on any atom is -0.458 e. The Balaban J connectivity index is 1.01. The van der Waals surface area contributed by atoms with Crippen LogP contribution in [0.3, 0.4) is 0 Å². The van der Waals surface area contributed by atoms with Crippen LogP contribution in [0.2, 0.25) is 0 Å². The Morgan fingerprint density at radius 3 is 1.73 bits per heavy atom. The number of hydrogen-bond donors (Lipinski definition) is 0. The molecule has 0 saturated carbocycles. The van der Waals surface area contributed by atoms with Crippen LogP contribution in [0, 0.1) is 0 Å². The highest BCUT2D eigenvalue weighted by molar-refractivity contribution is 6.98. The fourth-order valence-electron chi connectivity index (χ4n) is 10.6. The number of ether oxygens (including phenoxy) is 2. The number of fused-ring (bicyclic) bond motifs is 16. The van der Waals surface area contributed by atoms with Gasteiger partial charge in [0.25, 0.3) is 6.71 Å². The summed E-state index contributed by atoms with van der Waals surface area (Å²) in [4.78, 5) is 0. The standard InChI is InChI=1S/C53H31BO2/c1-2-15-37-32(12-1)25-28-43-51(37)40-27-24-33(30-44(40)53(43)41-18-7-5-16-38(41)39-17-6-8-19-42(39)53)35-13-3-4-14-36(35)34-26-29-46-50(31-34)56-49-23-11-22-48-52(49)54(46)45-20-9-10-21-47(45)55-48/h1-31H. The van der Waals surface area contributed by atoms with Gasteiger partial charge in [0.05, 0.1) is 5.41 Å². The van der Waals surface area contributed by atoms with Gasteiger partial charge in [-0.2, -0.15) is 0 Å². The molecule has 0 atom stereocenters. The molecule has 56 heavy (non-hydrogen) atoms. The fourth-order valence-corrected chi connectivity index (χ4v) is 10.6. The van der Waals surface area contributed by atoms with E-state index in [-0.39, 0.29) is 6.71 Å². The molecular formula is C53H31BO2. The summed E-state index contributed by atoms with van der Waals surface area (Å²) in [5, 5.41) is 2.56. The van der Waals surface area contributed by atoms with Crippen molar-refractivity contribution in [1.82, 2.24) is 0 Å². The van der Waals surface area contributed by atoms with Crippen molar-refractivity contribution in [3.63, 3.8) is 0 Å². The molecule has 9 aromatic rings. The SMILES string of the molecule is c1ccc2c(c1)Oc1cccc3c1B2c1ccc(-c2ccccc2-c2ccc4c(c2)C2(c5ccccc5-c5ccccc52)c2ccc5ccccc5c2-4)cc1O3. The molecule has 2 aliphatic carbocycles. The minimum atomic E-state index is -0.432. The highest BCUT2D eigenvalue weighted by Gasteiger charge is 2.52. The van der Waals surface area contributed by atoms with E-state index in [1.165, 1.54) is 77.4 Å². The van der Waals surface area contributed by atoms with Crippen LogP contribution in [0.1, 0.15) is 22.3 Å². The lowest BCUT2D eigenvalue weighted by atomic mass is 9.35. The third-order valence-electron chi connectivity index (χ3n) is 12.8. The Morgan fingerprint density at radius 1 is 0.357 bits per heavy atom. The average Bonchev–Trinajstić information content (AvgIpc) is 3.73. The van der Waals surface area contributed by atoms with Crippen molar-refractivity contribution >= 4 is 33.9 Å². The molecule has 3 heteroatoms. The van der Waals surface area contributed by atoms with E-state index in [1.807, 2.05) is 18.2 Å². The predicted octanol–water partition coefficient (Wildman–Crippen LogP) is 11.2. The molecule has 0 aromatic heterocycles. The predicted molar refractivity (Wildman–Crippen MR) is 229 cm³/mol. The van der Waals surface area contributed by atoms with Gasteiger partial charge in [-0.1, -0.05) is 158 Å². The van der Waals surface area contributed by atoms with Crippen molar-refractivity contribution in [2.24, 2.45) is 0 Å². The van der Waals surface area contributed by atoms with Crippen LogP contribution < -0.4 is 25.9 Å². The van der Waals surface area contributed by atoms with Crippen LogP contribution in [0.15, 0.2) is 188 Å². The Morgan fingerprint density at radius 2 is 0.946 bits per heavy atom. The molecule has 2 nitrogen and oxygen atoms in total. The van der Waals surface area contributed by atoms with Gasteiger partial charge < -0.3 is 9.47 Å². The molecule has 1 spiro atoms. The molecule has 0 unspecified atom stereocenters. The van der Waals surface area contributed by atoms with Gasteiger partial charge in [-0.3, -0.25) is 0 Å². The maximum Gasteiger partial charge on any atom is 0.260 e. The largest absolute Gasteiger partial charge is 0.458 e. The summed E-state index contributed by atoms with van der Waals surface area (Å²) in [6.07, 6.45) is 0. The van der Waals surface area contributed by atoms with E-state index < -0.39 is 5.41 Å². The first-order valence-electron chi connectivity index (χ1n) is 19.5. The maximum atomic E-state index is 6.73. The number of hydrogen-bond acceptors (Lipinski definition) is 2. The normalized spacial score (nSPS) is 14.1. The third-order valence-corrected chi connectivity index (χ3v) is 12.8. The molecule has 0 radical (unpaired) electrons. The van der Waals surface area contributed by atoms with Gasteiger partial charge in [-0.05, 0) is 119 Å². The van der Waals surface area contributed by atoms with E-state index in [4.69, 9.17) is 9.47 Å². The lowest BCUT2D eigenvalue weighted by molar-refractivity contribution is 0.464. The lowest BCUT2D eigenvalue weighted by Crippen LogP contribution is -2.57. The Kier molecular flexibility index (Phi) is 5.94. The monoisotopic (exact) mass is 710 g/mol. The van der Waals surface area contributed by atoms with Gasteiger partial charge >= 0.3 is 0 Å². The minimum absolute atomic E-state index is 0.0435. The maximum absolute atomic E-state index is 6.73. The van der Waals surface area contributed by atoms with Crippen molar-refractivity contribution in [3.8, 4) is 67.5 Å². The Bertz CT molecular complexity index is 3130. The van der Waals surface area contributed by atoms with E-state index >= 15 is 0 Å². The van der Waals surface area contributed by atoms with Gasteiger partial charge in [-0.25, -0.2) is 0 Å². The van der Waals surface area contributed by atoms with Crippen LogP contribution >= 0.6 is 0 Å². The van der Waals surface area contributed by atoms with Gasteiger partial charge in [0, 0.05) is 5.46 Å². The molecular weight excluding hydrogens is 679 g/mol. The number of para-hydroxylation sites is 1. The molecule has 0 bridgehead atoms. The third kappa shape index (κ3) is 3.82. The molecule has 258 valence electrons. The zero-order chi connectivity index (χ0) is 36.5. The lowest BCUT2D eigenvalue weighted by Gasteiger charge is -2.33. The highest BCUT2D eigenvalue weighted by Crippen LogP contribution is 2.64. The summed E-state index contributed by atoms with van der Waals surface area (Å²) in [6.45, 7) is 0.0435. The van der Waals surface area contributed by atoms with Crippen molar-refractivity contribution in [2.75, 3.05) is 0 Å². The van der Waals surface area contributed by atoms with Crippen LogP contribution in [-0.2, 0) is 5.41 Å². The van der Waals surface area contributed by atoms with Crippen LogP contribution in [0.25, 0.3) is 55.3 Å². The second-order valence-corrected chi connectivity index (χ2v) is 15.5. The average molecular weight is 711 g/mol. The first kappa shape index (κ1) is 30.3. The number of rotatable bonds is 2. The zero-order valence-corrected chi connectivity index (χ0v) is 30.3. The van der Waals surface area contributed by atoms with Crippen molar-refractivity contribution in [2.45, 2.75) is 5.41 Å². The van der Waals surface area contributed by atoms with Crippen molar-refractivity contribution in [1.29, 1.82) is 0 Å². The first-order valence-corrected chi connectivity index (χ1v) is 19.5. The molecule has 2 aliphatic heterocycles.